The fourth-order valence-corrected chi connectivity index (χ4v) is 2.69. The first kappa shape index (κ1) is 20.8. The lowest BCUT2D eigenvalue weighted by Crippen LogP contribution is -2.28. The highest BCUT2D eigenvalue weighted by molar-refractivity contribution is 6.30. The van der Waals surface area contributed by atoms with Crippen LogP contribution in [0.3, 0.4) is 0 Å². The van der Waals surface area contributed by atoms with Gasteiger partial charge in [0.05, 0.1) is 12.2 Å². The quantitative estimate of drug-likeness (QED) is 0.611. The van der Waals surface area contributed by atoms with Crippen molar-refractivity contribution in [1.29, 1.82) is 0 Å². The van der Waals surface area contributed by atoms with Gasteiger partial charge in [0, 0.05) is 24.5 Å². The average molecular weight is 389 g/mol. The van der Waals surface area contributed by atoms with Gasteiger partial charge in [-0.05, 0) is 49.6 Å². The Hall–Kier alpha value is -2.53. The Morgan fingerprint density at radius 3 is 2.48 bits per heavy atom. The highest BCUT2D eigenvalue weighted by atomic mass is 35.5. The molecule has 0 radical (unpaired) electrons. The third-order valence-corrected chi connectivity index (χ3v) is 4.20. The van der Waals surface area contributed by atoms with E-state index in [4.69, 9.17) is 16.3 Å². The molecule has 0 bridgehead atoms. The molecular formula is C21H25ClN2O3. The van der Waals surface area contributed by atoms with Gasteiger partial charge in [0.1, 0.15) is 5.75 Å². The number of rotatable bonds is 10. The zero-order valence-corrected chi connectivity index (χ0v) is 16.2. The van der Waals surface area contributed by atoms with Gasteiger partial charge in [0.2, 0.25) is 5.91 Å². The Bertz CT molecular complexity index is 747. The van der Waals surface area contributed by atoms with Gasteiger partial charge >= 0.3 is 0 Å². The lowest BCUT2D eigenvalue weighted by molar-refractivity contribution is -0.121. The van der Waals surface area contributed by atoms with Crippen molar-refractivity contribution in [2.45, 2.75) is 26.2 Å². The predicted molar refractivity (Wildman–Crippen MR) is 107 cm³/mol. The van der Waals surface area contributed by atoms with Crippen LogP contribution in [0.25, 0.3) is 0 Å². The number of hydrogen-bond donors (Lipinski definition) is 2. The Kier molecular flexibility index (Phi) is 8.65. The number of nitrogens with one attached hydrogen (secondary N) is 2. The molecule has 0 unspecified atom stereocenters. The smallest absolute Gasteiger partial charge is 0.255 e. The zero-order chi connectivity index (χ0) is 19.5. The topological polar surface area (TPSA) is 67.4 Å². The molecule has 2 amide bonds. The van der Waals surface area contributed by atoms with Gasteiger partial charge in [0.15, 0.2) is 0 Å². The Morgan fingerprint density at radius 2 is 1.74 bits per heavy atom. The van der Waals surface area contributed by atoms with E-state index >= 15 is 0 Å². The van der Waals surface area contributed by atoms with Crippen LogP contribution >= 0.6 is 11.6 Å². The average Bonchev–Trinajstić information content (AvgIpc) is 2.67. The molecule has 0 saturated heterocycles. The minimum Gasteiger partial charge on any atom is -0.493 e. The van der Waals surface area contributed by atoms with Gasteiger partial charge < -0.3 is 15.4 Å². The molecular weight excluding hydrogens is 364 g/mol. The van der Waals surface area contributed by atoms with Crippen LogP contribution in [-0.4, -0.2) is 31.5 Å². The molecule has 144 valence electrons. The summed E-state index contributed by atoms with van der Waals surface area (Å²) < 4.78 is 5.46. The molecule has 0 heterocycles. The van der Waals surface area contributed by atoms with Crippen LogP contribution in [0.1, 0.15) is 35.7 Å². The SMILES string of the molecule is CCOc1ccccc1C(=O)NCCCC(=O)NCCc1ccc(Cl)cc1. The molecule has 2 aromatic rings. The van der Waals surface area contributed by atoms with Gasteiger partial charge in [-0.3, -0.25) is 9.59 Å². The first-order valence-electron chi connectivity index (χ1n) is 9.11. The molecule has 27 heavy (non-hydrogen) atoms. The molecule has 0 aliphatic carbocycles. The zero-order valence-electron chi connectivity index (χ0n) is 15.5. The maximum absolute atomic E-state index is 12.2. The van der Waals surface area contributed by atoms with Crippen molar-refractivity contribution >= 4 is 23.4 Å². The molecule has 6 heteroatoms. The molecule has 5 nitrogen and oxygen atoms in total. The largest absolute Gasteiger partial charge is 0.493 e. The van der Waals surface area contributed by atoms with E-state index in [0.29, 0.717) is 48.9 Å². The number of benzene rings is 2. The number of hydrogen-bond acceptors (Lipinski definition) is 3. The summed E-state index contributed by atoms with van der Waals surface area (Å²) in [5.41, 5.74) is 1.63. The van der Waals surface area contributed by atoms with Crippen LogP contribution < -0.4 is 15.4 Å². The van der Waals surface area contributed by atoms with E-state index in [-0.39, 0.29) is 11.8 Å². The van der Waals surface area contributed by atoms with Gasteiger partial charge in [-0.25, -0.2) is 0 Å². The van der Waals surface area contributed by atoms with E-state index in [1.165, 1.54) is 0 Å². The Morgan fingerprint density at radius 1 is 1.00 bits per heavy atom. The fourth-order valence-electron chi connectivity index (χ4n) is 2.57. The number of ether oxygens (including phenoxy) is 1. The van der Waals surface area contributed by atoms with E-state index in [1.54, 1.807) is 18.2 Å². The number of carbonyl (C=O) groups excluding carboxylic acids is 2. The van der Waals surface area contributed by atoms with Crippen LogP contribution in [0.4, 0.5) is 0 Å². The molecule has 0 aromatic heterocycles. The van der Waals surface area contributed by atoms with E-state index in [9.17, 15) is 9.59 Å². The van der Waals surface area contributed by atoms with Gasteiger partial charge in [0.25, 0.3) is 5.91 Å². The summed E-state index contributed by atoms with van der Waals surface area (Å²) in [7, 11) is 0. The van der Waals surface area contributed by atoms with Crippen LogP contribution in [0, 0.1) is 0 Å². The number of halogens is 1. The Labute approximate surface area is 165 Å². The van der Waals surface area contributed by atoms with Crippen molar-refractivity contribution in [1.82, 2.24) is 10.6 Å². The van der Waals surface area contributed by atoms with Crippen LogP contribution in [-0.2, 0) is 11.2 Å². The summed E-state index contributed by atoms with van der Waals surface area (Å²) in [5.74, 6) is 0.354. The maximum atomic E-state index is 12.2. The minimum atomic E-state index is -0.192. The lowest BCUT2D eigenvalue weighted by atomic mass is 10.1. The van der Waals surface area contributed by atoms with E-state index in [0.717, 1.165) is 12.0 Å². The molecule has 2 N–H and O–H groups in total. The second kappa shape index (κ2) is 11.2. The highest BCUT2D eigenvalue weighted by Gasteiger charge is 2.11. The Balaban J connectivity index is 1.63. The minimum absolute atomic E-state index is 0.0204. The number of amides is 2. The molecule has 0 spiro atoms. The van der Waals surface area contributed by atoms with Crippen molar-refractivity contribution in [3.05, 3.63) is 64.7 Å². The summed E-state index contributed by atoms with van der Waals surface area (Å²) in [4.78, 5) is 24.1. The molecule has 0 aliphatic heterocycles. The third-order valence-electron chi connectivity index (χ3n) is 3.95. The van der Waals surface area contributed by atoms with Crippen molar-refractivity contribution in [3.63, 3.8) is 0 Å². The number of para-hydroxylation sites is 1. The number of carbonyl (C=O) groups is 2. The van der Waals surface area contributed by atoms with E-state index < -0.39 is 0 Å². The fraction of sp³-hybridized carbons (Fsp3) is 0.333. The van der Waals surface area contributed by atoms with Gasteiger partial charge in [-0.2, -0.15) is 0 Å². The molecule has 0 saturated carbocycles. The first-order chi connectivity index (χ1) is 13.1. The predicted octanol–water partition coefficient (Wildman–Crippen LogP) is 3.61. The standard InChI is InChI=1S/C21H25ClN2O3/c1-2-27-19-7-4-3-6-18(19)21(26)24-14-5-8-20(25)23-15-13-16-9-11-17(22)12-10-16/h3-4,6-7,9-12H,2,5,8,13-15H2,1H3,(H,23,25)(H,24,26). The normalized spacial score (nSPS) is 10.3. The van der Waals surface area contributed by atoms with Crippen molar-refractivity contribution in [3.8, 4) is 5.75 Å². The molecule has 0 fully saturated rings. The van der Waals surface area contributed by atoms with Crippen LogP contribution in [0.2, 0.25) is 5.02 Å². The van der Waals surface area contributed by atoms with Crippen LogP contribution in [0.15, 0.2) is 48.5 Å². The highest BCUT2D eigenvalue weighted by Crippen LogP contribution is 2.17. The lowest BCUT2D eigenvalue weighted by Gasteiger charge is -2.10. The van der Waals surface area contributed by atoms with Crippen molar-refractivity contribution in [2.75, 3.05) is 19.7 Å². The second-order valence-electron chi connectivity index (χ2n) is 6.02. The van der Waals surface area contributed by atoms with Crippen LogP contribution in [0.5, 0.6) is 5.75 Å². The summed E-state index contributed by atoms with van der Waals surface area (Å²) in [5, 5.41) is 6.42. The molecule has 0 atom stereocenters. The van der Waals surface area contributed by atoms with Crippen molar-refractivity contribution in [2.24, 2.45) is 0 Å². The van der Waals surface area contributed by atoms with Gasteiger partial charge in [-0.1, -0.05) is 35.9 Å². The van der Waals surface area contributed by atoms with E-state index in [2.05, 4.69) is 10.6 Å². The van der Waals surface area contributed by atoms with Gasteiger partial charge in [-0.15, -0.1) is 0 Å². The molecule has 2 rings (SSSR count). The maximum Gasteiger partial charge on any atom is 0.255 e. The molecule has 2 aromatic carbocycles. The second-order valence-corrected chi connectivity index (χ2v) is 6.45. The van der Waals surface area contributed by atoms with E-state index in [1.807, 2.05) is 37.3 Å². The molecule has 0 aliphatic rings. The summed E-state index contributed by atoms with van der Waals surface area (Å²) in [6.07, 6.45) is 1.71. The third kappa shape index (κ3) is 7.31. The summed E-state index contributed by atoms with van der Waals surface area (Å²) in [6.45, 7) is 3.39. The van der Waals surface area contributed by atoms with Crippen molar-refractivity contribution < 1.29 is 14.3 Å². The summed E-state index contributed by atoms with van der Waals surface area (Å²) in [6, 6.07) is 14.7. The first-order valence-corrected chi connectivity index (χ1v) is 9.49. The summed E-state index contributed by atoms with van der Waals surface area (Å²) >= 11 is 5.85. The monoisotopic (exact) mass is 388 g/mol.